The molecule has 3 atom stereocenters. The molecule has 81 heavy (non-hydrogen) atoms. The third kappa shape index (κ3) is 65.1. The van der Waals surface area contributed by atoms with E-state index in [1.54, 1.807) is 0 Å². The first-order valence-electron chi connectivity index (χ1n) is 34.4. The Kier molecular flexibility index (Phi) is 60.4. The number of allylic oxidation sites excluding steroid dienone is 14. The van der Waals surface area contributed by atoms with E-state index in [1.807, 2.05) is 21.1 Å². The molecule has 0 fully saturated rings. The number of nitrogens with zero attached hydrogens (tertiary/aromatic N) is 1. The molecule has 0 aliphatic heterocycles. The summed E-state index contributed by atoms with van der Waals surface area (Å²) in [5, 5.41) is 14.1. The molecular formula is C72H133N2O6P. The summed E-state index contributed by atoms with van der Waals surface area (Å²) in [5.74, 6) is -0.175. The van der Waals surface area contributed by atoms with Gasteiger partial charge in [-0.05, 0) is 70.6 Å². The summed E-state index contributed by atoms with van der Waals surface area (Å²) in [6.07, 6.45) is 87.9. The Morgan fingerprint density at radius 1 is 0.444 bits per heavy atom. The molecule has 0 aliphatic rings. The quantitative estimate of drug-likeness (QED) is 0.0272. The lowest BCUT2D eigenvalue weighted by Crippen LogP contribution is -2.46. The van der Waals surface area contributed by atoms with Gasteiger partial charge in [-0.1, -0.05) is 324 Å². The molecule has 1 amide bonds. The first kappa shape index (κ1) is 78.7. The highest BCUT2D eigenvalue weighted by Gasteiger charge is 2.24. The van der Waals surface area contributed by atoms with Crippen molar-refractivity contribution in [3.05, 3.63) is 85.1 Å². The number of phosphoric ester groups is 1. The predicted molar refractivity (Wildman–Crippen MR) is 353 cm³/mol. The van der Waals surface area contributed by atoms with Crippen LogP contribution in [-0.4, -0.2) is 68.5 Å². The molecule has 0 radical (unpaired) electrons. The van der Waals surface area contributed by atoms with Gasteiger partial charge in [0.25, 0.3) is 7.82 Å². The van der Waals surface area contributed by atoms with Crippen LogP contribution in [0.4, 0.5) is 0 Å². The molecule has 0 spiro atoms. The zero-order chi connectivity index (χ0) is 59.1. The Bertz CT molecular complexity index is 1600. The fourth-order valence-corrected chi connectivity index (χ4v) is 10.8. The molecule has 0 aromatic carbocycles. The standard InChI is InChI=1S/C72H133N2O6P/c1-6-8-10-12-14-16-18-20-22-24-26-28-30-32-34-36-38-39-41-43-45-47-49-51-53-55-57-59-61-63-65-71(75)70(69-80-81(77,78)79-68-67-74(3,4)5)73-72(76)66-64-62-60-58-56-54-52-50-48-46-44-42-40-37-35-33-31-29-27-25-23-21-19-17-15-13-11-9-7-2/h9,11,15,17,21,23,27,29,33,35,40,42,46,48,70-71,75H,6-8,10,12-14,16,18-20,22,24-26,28,30-32,34,36-39,41,43-45,47,49-69H2,1-5H3,(H-,73,76,77,78)/b11-9-,17-15-,23-21-,29-27-,35-33-,42-40-,48-46-. The lowest BCUT2D eigenvalue weighted by Gasteiger charge is -2.30. The Balaban J connectivity index is 4.10. The topological polar surface area (TPSA) is 108 Å². The van der Waals surface area contributed by atoms with Crippen molar-refractivity contribution in [3.63, 3.8) is 0 Å². The van der Waals surface area contributed by atoms with Crippen LogP contribution in [0.5, 0.6) is 0 Å². The first-order chi connectivity index (χ1) is 39.5. The molecule has 0 saturated carbocycles. The minimum Gasteiger partial charge on any atom is -0.756 e. The van der Waals surface area contributed by atoms with E-state index in [-0.39, 0.29) is 19.1 Å². The number of amides is 1. The van der Waals surface area contributed by atoms with Crippen molar-refractivity contribution in [2.24, 2.45) is 0 Å². The van der Waals surface area contributed by atoms with Gasteiger partial charge in [-0.2, -0.15) is 0 Å². The molecule has 2 N–H and O–H groups in total. The Hall–Kier alpha value is -2.32. The van der Waals surface area contributed by atoms with E-state index >= 15 is 0 Å². The zero-order valence-electron chi connectivity index (χ0n) is 54.0. The third-order valence-electron chi connectivity index (χ3n) is 15.4. The number of rotatable bonds is 63. The Morgan fingerprint density at radius 3 is 1.10 bits per heavy atom. The second-order valence-corrected chi connectivity index (χ2v) is 25.9. The van der Waals surface area contributed by atoms with Crippen LogP contribution < -0.4 is 10.2 Å². The minimum atomic E-state index is -4.59. The monoisotopic (exact) mass is 1150 g/mol. The SMILES string of the molecule is CC/C=C\C/C=C\C/C=C\C/C=C\C/C=C\C/C=C\C/C=C\CCCCCCCCCC(=O)NC(COP(=O)([O-])OCC[N+](C)(C)C)C(O)CCCCCCCCCCCCCCCCCCCCCCCCCCCCCCCC. The van der Waals surface area contributed by atoms with Gasteiger partial charge in [-0.3, -0.25) is 9.36 Å². The third-order valence-corrected chi connectivity index (χ3v) is 16.4. The van der Waals surface area contributed by atoms with E-state index in [2.05, 4.69) is 104 Å². The number of quaternary nitrogens is 1. The predicted octanol–water partition coefficient (Wildman–Crippen LogP) is 21.3. The molecular weight excluding hydrogens is 1020 g/mol. The molecule has 8 nitrogen and oxygen atoms in total. The van der Waals surface area contributed by atoms with Gasteiger partial charge < -0.3 is 28.8 Å². The van der Waals surface area contributed by atoms with Crippen LogP contribution in [-0.2, 0) is 18.4 Å². The second kappa shape index (κ2) is 62.2. The lowest BCUT2D eigenvalue weighted by molar-refractivity contribution is -0.870. The van der Waals surface area contributed by atoms with E-state index in [9.17, 15) is 19.4 Å². The normalized spacial score (nSPS) is 14.2. The van der Waals surface area contributed by atoms with E-state index in [1.165, 1.54) is 193 Å². The van der Waals surface area contributed by atoms with Gasteiger partial charge >= 0.3 is 0 Å². The highest BCUT2D eigenvalue weighted by atomic mass is 31.2. The van der Waals surface area contributed by atoms with Crippen LogP contribution in [0.1, 0.15) is 316 Å². The lowest BCUT2D eigenvalue weighted by atomic mass is 10.0. The van der Waals surface area contributed by atoms with Gasteiger partial charge in [0.15, 0.2) is 0 Å². The van der Waals surface area contributed by atoms with E-state index in [0.717, 1.165) is 96.3 Å². The number of carbonyl (C=O) groups is 1. The number of hydrogen-bond donors (Lipinski definition) is 2. The molecule has 0 saturated heterocycles. The van der Waals surface area contributed by atoms with Crippen LogP contribution in [0.15, 0.2) is 85.1 Å². The van der Waals surface area contributed by atoms with Crippen molar-refractivity contribution in [2.45, 2.75) is 328 Å². The molecule has 0 bridgehead atoms. The summed E-state index contributed by atoms with van der Waals surface area (Å²) in [5.41, 5.74) is 0. The van der Waals surface area contributed by atoms with Gasteiger partial charge in [0.1, 0.15) is 13.2 Å². The van der Waals surface area contributed by atoms with Crippen LogP contribution in [0, 0.1) is 0 Å². The fourth-order valence-electron chi connectivity index (χ4n) is 10.1. The van der Waals surface area contributed by atoms with Gasteiger partial charge in [0.05, 0.1) is 39.9 Å². The molecule has 0 aromatic rings. The van der Waals surface area contributed by atoms with Crippen LogP contribution >= 0.6 is 7.82 Å². The minimum absolute atomic E-state index is 0.00625. The van der Waals surface area contributed by atoms with Crippen molar-refractivity contribution in [1.29, 1.82) is 0 Å². The zero-order valence-corrected chi connectivity index (χ0v) is 54.9. The maximum atomic E-state index is 13.1. The summed E-state index contributed by atoms with van der Waals surface area (Å²) in [7, 11) is 1.29. The fraction of sp³-hybridized carbons (Fsp3) is 0.792. The summed E-state index contributed by atoms with van der Waals surface area (Å²) in [6, 6.07) is -0.815. The number of aliphatic hydroxyl groups is 1. The van der Waals surface area contributed by atoms with Crippen molar-refractivity contribution in [3.8, 4) is 0 Å². The van der Waals surface area contributed by atoms with Gasteiger partial charge in [0, 0.05) is 6.42 Å². The first-order valence-corrected chi connectivity index (χ1v) is 35.9. The summed E-state index contributed by atoms with van der Waals surface area (Å²) in [6.45, 7) is 4.63. The van der Waals surface area contributed by atoms with Crippen molar-refractivity contribution in [1.82, 2.24) is 5.32 Å². The molecule has 3 unspecified atom stereocenters. The molecule has 472 valence electrons. The summed E-state index contributed by atoms with van der Waals surface area (Å²) < 4.78 is 23.5. The molecule has 0 aliphatic carbocycles. The molecule has 0 aromatic heterocycles. The van der Waals surface area contributed by atoms with E-state index in [4.69, 9.17) is 9.05 Å². The average molecular weight is 1150 g/mol. The summed E-state index contributed by atoms with van der Waals surface area (Å²) >= 11 is 0. The number of phosphoric acid groups is 1. The van der Waals surface area contributed by atoms with Crippen molar-refractivity contribution >= 4 is 13.7 Å². The summed E-state index contributed by atoms with van der Waals surface area (Å²) in [4.78, 5) is 25.7. The average Bonchev–Trinajstić information content (AvgIpc) is 3.43. The number of aliphatic hydroxyl groups excluding tert-OH is 1. The van der Waals surface area contributed by atoms with Gasteiger partial charge in [0.2, 0.25) is 5.91 Å². The van der Waals surface area contributed by atoms with Crippen LogP contribution in [0.3, 0.4) is 0 Å². The molecule has 0 rings (SSSR count). The Morgan fingerprint density at radius 2 is 0.753 bits per heavy atom. The van der Waals surface area contributed by atoms with E-state index in [0.29, 0.717) is 23.9 Å². The van der Waals surface area contributed by atoms with Crippen molar-refractivity contribution in [2.75, 3.05) is 40.9 Å². The van der Waals surface area contributed by atoms with Gasteiger partial charge in [-0.15, -0.1) is 0 Å². The highest BCUT2D eigenvalue weighted by Crippen LogP contribution is 2.38. The van der Waals surface area contributed by atoms with Crippen LogP contribution in [0.2, 0.25) is 0 Å². The maximum Gasteiger partial charge on any atom is 0.268 e. The van der Waals surface area contributed by atoms with E-state index < -0.39 is 20.0 Å². The highest BCUT2D eigenvalue weighted by molar-refractivity contribution is 7.45. The number of carbonyl (C=O) groups excluding carboxylic acids is 1. The number of likely N-dealkylation sites (N-methyl/N-ethyl adjacent to an activating group) is 1. The number of unbranched alkanes of at least 4 members (excludes halogenated alkanes) is 36. The smallest absolute Gasteiger partial charge is 0.268 e. The van der Waals surface area contributed by atoms with Gasteiger partial charge in [-0.25, -0.2) is 0 Å². The number of nitrogens with one attached hydrogen (secondary N) is 1. The van der Waals surface area contributed by atoms with Crippen LogP contribution in [0.25, 0.3) is 0 Å². The molecule has 0 heterocycles. The van der Waals surface area contributed by atoms with Crippen molar-refractivity contribution < 1.29 is 32.9 Å². The molecule has 9 heteroatoms. The maximum absolute atomic E-state index is 13.1. The number of hydrogen-bond acceptors (Lipinski definition) is 6. The largest absolute Gasteiger partial charge is 0.756 e. The Labute approximate surface area is 503 Å². The second-order valence-electron chi connectivity index (χ2n) is 24.5.